The van der Waals surface area contributed by atoms with Gasteiger partial charge in [-0.25, -0.2) is 0 Å². The third-order valence-corrected chi connectivity index (χ3v) is 4.62. The Hall–Kier alpha value is -2.79. The summed E-state index contributed by atoms with van der Waals surface area (Å²) in [6, 6.07) is 10.8. The first-order chi connectivity index (χ1) is 12.4. The molecule has 6 heteroatoms. The Bertz CT molecular complexity index is 1060. The number of rotatable bonds is 4. The Morgan fingerprint density at radius 2 is 1.92 bits per heavy atom. The standard InChI is InChI=1S/C20H19ClN2O3/c1-11-7-17(18(26-3)10-15(11)21)22-19(24)9-13-4-5-16-14(8-13)6-12(2)20(25)23-16/h4-8,10H,9H2,1-3H3,(H,22,24)(H,23,25). The number of H-pyrrole nitrogens is 1. The Morgan fingerprint density at radius 3 is 2.65 bits per heavy atom. The van der Waals surface area contributed by atoms with E-state index in [2.05, 4.69) is 10.3 Å². The molecule has 0 fully saturated rings. The van der Waals surface area contributed by atoms with Crippen molar-refractivity contribution in [3.05, 3.63) is 68.5 Å². The number of methoxy groups -OCH3 is 1. The molecular formula is C20H19ClN2O3. The molecule has 0 aliphatic carbocycles. The Kier molecular flexibility index (Phi) is 5.00. The van der Waals surface area contributed by atoms with E-state index in [0.29, 0.717) is 22.0 Å². The first-order valence-electron chi connectivity index (χ1n) is 8.14. The number of aromatic amines is 1. The van der Waals surface area contributed by atoms with Crippen LogP contribution >= 0.6 is 11.6 Å². The van der Waals surface area contributed by atoms with Crippen molar-refractivity contribution >= 4 is 34.1 Å². The fraction of sp³-hybridized carbons (Fsp3) is 0.200. The van der Waals surface area contributed by atoms with Crippen molar-refractivity contribution in [1.82, 2.24) is 4.98 Å². The molecule has 0 atom stereocenters. The molecule has 0 aliphatic heterocycles. The van der Waals surface area contributed by atoms with E-state index in [0.717, 1.165) is 22.0 Å². The lowest BCUT2D eigenvalue weighted by Crippen LogP contribution is -2.15. The number of ether oxygens (including phenoxy) is 1. The van der Waals surface area contributed by atoms with Crippen molar-refractivity contribution in [2.24, 2.45) is 0 Å². The summed E-state index contributed by atoms with van der Waals surface area (Å²) in [5.41, 5.74) is 3.58. The maximum Gasteiger partial charge on any atom is 0.251 e. The Morgan fingerprint density at radius 1 is 1.15 bits per heavy atom. The summed E-state index contributed by atoms with van der Waals surface area (Å²) < 4.78 is 5.28. The van der Waals surface area contributed by atoms with E-state index >= 15 is 0 Å². The highest BCUT2D eigenvalue weighted by molar-refractivity contribution is 6.31. The third kappa shape index (κ3) is 3.73. The van der Waals surface area contributed by atoms with Crippen LogP contribution < -0.4 is 15.6 Å². The van der Waals surface area contributed by atoms with E-state index < -0.39 is 0 Å². The SMILES string of the molecule is COc1cc(Cl)c(C)cc1NC(=O)Cc1ccc2[nH]c(=O)c(C)cc2c1. The van der Waals surface area contributed by atoms with Crippen LogP contribution in [0.5, 0.6) is 5.75 Å². The van der Waals surface area contributed by atoms with Gasteiger partial charge in [0.1, 0.15) is 5.75 Å². The van der Waals surface area contributed by atoms with Gasteiger partial charge in [-0.1, -0.05) is 17.7 Å². The van der Waals surface area contributed by atoms with Crippen molar-refractivity contribution in [1.29, 1.82) is 0 Å². The Balaban J connectivity index is 1.82. The van der Waals surface area contributed by atoms with E-state index in [1.807, 2.05) is 31.2 Å². The molecule has 1 amide bonds. The lowest BCUT2D eigenvalue weighted by Gasteiger charge is -2.12. The first-order valence-corrected chi connectivity index (χ1v) is 8.51. The largest absolute Gasteiger partial charge is 0.495 e. The van der Waals surface area contributed by atoms with Gasteiger partial charge >= 0.3 is 0 Å². The molecule has 5 nitrogen and oxygen atoms in total. The van der Waals surface area contributed by atoms with E-state index in [4.69, 9.17) is 16.3 Å². The van der Waals surface area contributed by atoms with Gasteiger partial charge in [0, 0.05) is 22.2 Å². The van der Waals surface area contributed by atoms with Crippen LogP contribution in [0.4, 0.5) is 5.69 Å². The van der Waals surface area contributed by atoms with Gasteiger partial charge in [0.2, 0.25) is 5.91 Å². The summed E-state index contributed by atoms with van der Waals surface area (Å²) >= 11 is 6.09. The highest BCUT2D eigenvalue weighted by Gasteiger charge is 2.11. The number of aromatic nitrogens is 1. The quantitative estimate of drug-likeness (QED) is 0.729. The second kappa shape index (κ2) is 7.22. The number of nitrogens with one attached hydrogen (secondary N) is 2. The van der Waals surface area contributed by atoms with Crippen molar-refractivity contribution in [2.45, 2.75) is 20.3 Å². The van der Waals surface area contributed by atoms with Crippen molar-refractivity contribution in [3.63, 3.8) is 0 Å². The van der Waals surface area contributed by atoms with Crippen LogP contribution in [0.15, 0.2) is 41.2 Å². The summed E-state index contributed by atoms with van der Waals surface area (Å²) in [4.78, 5) is 26.9. The van der Waals surface area contributed by atoms with E-state index in [1.54, 1.807) is 19.1 Å². The predicted octanol–water partition coefficient (Wildman–Crippen LogP) is 3.99. The minimum absolute atomic E-state index is 0.104. The zero-order valence-corrected chi connectivity index (χ0v) is 15.5. The molecule has 0 bridgehead atoms. The molecule has 0 aliphatic rings. The number of hydrogen-bond acceptors (Lipinski definition) is 3. The molecule has 0 radical (unpaired) electrons. The van der Waals surface area contributed by atoms with E-state index in [9.17, 15) is 9.59 Å². The lowest BCUT2D eigenvalue weighted by molar-refractivity contribution is -0.115. The smallest absolute Gasteiger partial charge is 0.251 e. The number of anilines is 1. The zero-order valence-electron chi connectivity index (χ0n) is 14.8. The molecule has 0 unspecified atom stereocenters. The molecule has 0 saturated carbocycles. The minimum Gasteiger partial charge on any atom is -0.495 e. The lowest BCUT2D eigenvalue weighted by atomic mass is 10.1. The van der Waals surface area contributed by atoms with Crippen LogP contribution in [0.25, 0.3) is 10.9 Å². The number of halogens is 1. The van der Waals surface area contributed by atoms with Gasteiger partial charge < -0.3 is 15.0 Å². The number of benzene rings is 2. The van der Waals surface area contributed by atoms with Crippen molar-refractivity contribution in [3.8, 4) is 5.75 Å². The maximum atomic E-state index is 12.4. The maximum absolute atomic E-state index is 12.4. The molecule has 0 spiro atoms. The monoisotopic (exact) mass is 370 g/mol. The normalized spacial score (nSPS) is 10.8. The number of aryl methyl sites for hydroxylation is 2. The van der Waals surface area contributed by atoms with Crippen LogP contribution in [-0.2, 0) is 11.2 Å². The summed E-state index contributed by atoms with van der Waals surface area (Å²) in [7, 11) is 1.53. The van der Waals surface area contributed by atoms with E-state index in [-0.39, 0.29) is 17.9 Å². The summed E-state index contributed by atoms with van der Waals surface area (Å²) in [5.74, 6) is 0.353. The van der Waals surface area contributed by atoms with Crippen LogP contribution in [-0.4, -0.2) is 18.0 Å². The molecule has 3 rings (SSSR count). The fourth-order valence-electron chi connectivity index (χ4n) is 2.78. The number of pyridine rings is 1. The molecular weight excluding hydrogens is 352 g/mol. The van der Waals surface area contributed by atoms with Crippen LogP contribution in [0.2, 0.25) is 5.02 Å². The molecule has 26 heavy (non-hydrogen) atoms. The first kappa shape index (κ1) is 18.0. The molecule has 2 N–H and O–H groups in total. The summed E-state index contributed by atoms with van der Waals surface area (Å²) in [6.45, 7) is 3.62. The highest BCUT2D eigenvalue weighted by Crippen LogP contribution is 2.31. The van der Waals surface area contributed by atoms with Crippen LogP contribution in [0.3, 0.4) is 0 Å². The second-order valence-corrected chi connectivity index (χ2v) is 6.64. The molecule has 2 aromatic carbocycles. The average Bonchev–Trinajstić information content (AvgIpc) is 2.59. The molecule has 134 valence electrons. The van der Waals surface area contributed by atoms with Gasteiger partial charge in [-0.05, 0) is 54.6 Å². The molecule has 1 heterocycles. The van der Waals surface area contributed by atoms with Crippen molar-refractivity contribution < 1.29 is 9.53 Å². The van der Waals surface area contributed by atoms with Crippen LogP contribution in [0, 0.1) is 13.8 Å². The van der Waals surface area contributed by atoms with Crippen molar-refractivity contribution in [2.75, 3.05) is 12.4 Å². The second-order valence-electron chi connectivity index (χ2n) is 6.23. The average molecular weight is 371 g/mol. The van der Waals surface area contributed by atoms with Crippen LogP contribution in [0.1, 0.15) is 16.7 Å². The van der Waals surface area contributed by atoms with Gasteiger partial charge in [0.05, 0.1) is 19.2 Å². The molecule has 3 aromatic rings. The molecule has 0 saturated heterocycles. The van der Waals surface area contributed by atoms with Gasteiger partial charge in [0.15, 0.2) is 0 Å². The zero-order chi connectivity index (χ0) is 18.8. The topological polar surface area (TPSA) is 71.2 Å². The number of fused-ring (bicyclic) bond motifs is 1. The number of carbonyl (C=O) groups is 1. The third-order valence-electron chi connectivity index (χ3n) is 4.21. The molecule has 1 aromatic heterocycles. The van der Waals surface area contributed by atoms with Gasteiger partial charge in [0.25, 0.3) is 5.56 Å². The van der Waals surface area contributed by atoms with Gasteiger partial charge in [-0.2, -0.15) is 0 Å². The number of amides is 1. The van der Waals surface area contributed by atoms with Gasteiger partial charge in [-0.15, -0.1) is 0 Å². The predicted molar refractivity (Wildman–Crippen MR) is 104 cm³/mol. The Labute approximate surface area is 156 Å². The number of carbonyl (C=O) groups excluding carboxylic acids is 1. The minimum atomic E-state index is -0.162. The van der Waals surface area contributed by atoms with E-state index in [1.165, 1.54) is 7.11 Å². The van der Waals surface area contributed by atoms with Gasteiger partial charge in [-0.3, -0.25) is 9.59 Å². The summed E-state index contributed by atoms with van der Waals surface area (Å²) in [6.07, 6.45) is 0.207. The highest BCUT2D eigenvalue weighted by atomic mass is 35.5. The fourth-order valence-corrected chi connectivity index (χ4v) is 2.94. The summed E-state index contributed by atoms with van der Waals surface area (Å²) in [5, 5.41) is 4.34. The number of hydrogen-bond donors (Lipinski definition) is 2.